The molecule has 3 N–H and O–H groups in total. The van der Waals surface area contributed by atoms with E-state index in [-0.39, 0.29) is 10.8 Å². The highest BCUT2D eigenvalue weighted by molar-refractivity contribution is 7.91. The van der Waals surface area contributed by atoms with E-state index in [1.54, 1.807) is 0 Å². The van der Waals surface area contributed by atoms with Crippen LogP contribution < -0.4 is 4.72 Å². The van der Waals surface area contributed by atoms with Crippen LogP contribution in [0.1, 0.15) is 29.8 Å². The molecule has 0 radical (unpaired) electrons. The van der Waals surface area contributed by atoms with Gasteiger partial charge in [-0.25, -0.2) is 22.9 Å². The van der Waals surface area contributed by atoms with Crippen molar-refractivity contribution in [1.29, 1.82) is 0 Å². The number of aromatic carboxylic acids is 1. The van der Waals surface area contributed by atoms with E-state index in [0.29, 0.717) is 12.8 Å². The maximum absolute atomic E-state index is 11.9. The first-order valence-corrected chi connectivity index (χ1v) is 7.59. The second-order valence-electron chi connectivity index (χ2n) is 4.20. The molecule has 100 valence electrons. The number of aromatic nitrogens is 1. The lowest BCUT2D eigenvalue weighted by Crippen LogP contribution is -2.47. The minimum absolute atomic E-state index is 0.105. The maximum Gasteiger partial charge on any atom is 0.356 e. The molecule has 1 fully saturated rings. The minimum Gasteiger partial charge on any atom is -0.476 e. The molecule has 1 aromatic rings. The number of hydrogen-bond donors (Lipinski definition) is 3. The number of carbonyl (C=O) groups is 1. The Morgan fingerprint density at radius 3 is 2.72 bits per heavy atom. The molecule has 0 spiro atoms. The van der Waals surface area contributed by atoms with Crippen molar-refractivity contribution in [2.45, 2.75) is 29.1 Å². The van der Waals surface area contributed by atoms with E-state index in [4.69, 9.17) is 5.11 Å². The number of rotatable bonds is 5. The number of carboxylic acids is 1. The third kappa shape index (κ3) is 2.53. The van der Waals surface area contributed by atoms with Crippen LogP contribution in [0, 0.1) is 0 Å². The van der Waals surface area contributed by atoms with Crippen LogP contribution in [0.15, 0.2) is 9.72 Å². The number of nitrogens with zero attached hydrogens (tertiary/aromatic N) is 1. The van der Waals surface area contributed by atoms with Crippen molar-refractivity contribution in [2.75, 3.05) is 6.54 Å². The van der Waals surface area contributed by atoms with Crippen LogP contribution in [0.25, 0.3) is 0 Å². The molecule has 18 heavy (non-hydrogen) atoms. The molecule has 7 nitrogen and oxygen atoms in total. The fraction of sp³-hybridized carbons (Fsp3) is 0.556. The highest BCUT2D eigenvalue weighted by Crippen LogP contribution is 2.31. The maximum atomic E-state index is 11.9. The first-order chi connectivity index (χ1) is 8.34. The van der Waals surface area contributed by atoms with E-state index in [9.17, 15) is 18.3 Å². The molecule has 1 aliphatic rings. The standard InChI is InChI=1S/C9H12N2O5S2/c12-7(13)6-8(17-5-10-6)18(15,16)11-4-9(14)2-1-3-9/h5,11,14H,1-4H2,(H,12,13). The van der Waals surface area contributed by atoms with Crippen molar-refractivity contribution in [2.24, 2.45) is 0 Å². The van der Waals surface area contributed by atoms with Crippen LogP contribution in [0.2, 0.25) is 0 Å². The van der Waals surface area contributed by atoms with Crippen LogP contribution in [0.5, 0.6) is 0 Å². The highest BCUT2D eigenvalue weighted by Gasteiger charge is 2.36. The molecule has 1 aromatic heterocycles. The summed E-state index contributed by atoms with van der Waals surface area (Å²) in [5.74, 6) is -1.39. The highest BCUT2D eigenvalue weighted by atomic mass is 32.2. The van der Waals surface area contributed by atoms with Crippen molar-refractivity contribution in [3.05, 3.63) is 11.2 Å². The van der Waals surface area contributed by atoms with Gasteiger partial charge in [-0.2, -0.15) is 0 Å². The number of hydrogen-bond acceptors (Lipinski definition) is 6. The summed E-state index contributed by atoms with van der Waals surface area (Å²) in [6.07, 6.45) is 1.95. The number of carboxylic acid groups (broad SMARTS) is 1. The van der Waals surface area contributed by atoms with Crippen molar-refractivity contribution < 1.29 is 23.4 Å². The van der Waals surface area contributed by atoms with Crippen LogP contribution in [0.4, 0.5) is 0 Å². The second kappa shape index (κ2) is 4.57. The molecule has 9 heteroatoms. The fourth-order valence-electron chi connectivity index (χ4n) is 1.63. The van der Waals surface area contributed by atoms with E-state index < -0.39 is 27.3 Å². The molecule has 1 aliphatic carbocycles. The smallest absolute Gasteiger partial charge is 0.356 e. The summed E-state index contributed by atoms with van der Waals surface area (Å²) < 4.78 is 25.7. The van der Waals surface area contributed by atoms with Gasteiger partial charge in [-0.15, -0.1) is 11.3 Å². The fourth-order valence-corrected chi connectivity index (χ4v) is 3.93. The molecule has 0 bridgehead atoms. The monoisotopic (exact) mass is 292 g/mol. The molecule has 0 atom stereocenters. The summed E-state index contributed by atoms with van der Waals surface area (Å²) in [6, 6.07) is 0. The average Bonchev–Trinajstić information content (AvgIpc) is 2.73. The molecule has 0 saturated heterocycles. The molecule has 0 aliphatic heterocycles. The SMILES string of the molecule is O=C(O)c1ncsc1S(=O)(=O)NCC1(O)CCC1. The molecular weight excluding hydrogens is 280 g/mol. The van der Waals surface area contributed by atoms with Crippen molar-refractivity contribution in [3.8, 4) is 0 Å². The van der Waals surface area contributed by atoms with Gasteiger partial charge in [0.05, 0.1) is 11.1 Å². The zero-order valence-corrected chi connectivity index (χ0v) is 10.9. The summed E-state index contributed by atoms with van der Waals surface area (Å²) in [5, 5.41) is 18.6. The quantitative estimate of drug-likeness (QED) is 0.705. The van der Waals surface area contributed by atoms with E-state index >= 15 is 0 Å². The van der Waals surface area contributed by atoms with Gasteiger partial charge in [-0.05, 0) is 19.3 Å². The Balaban J connectivity index is 2.15. The Hall–Kier alpha value is -1.03. The van der Waals surface area contributed by atoms with Crippen molar-refractivity contribution in [3.63, 3.8) is 0 Å². The van der Waals surface area contributed by atoms with Gasteiger partial charge < -0.3 is 10.2 Å². The predicted molar refractivity (Wildman–Crippen MR) is 63.1 cm³/mol. The lowest BCUT2D eigenvalue weighted by Gasteiger charge is -2.36. The summed E-state index contributed by atoms with van der Waals surface area (Å²) in [6.45, 7) is -0.105. The zero-order chi connectivity index (χ0) is 13.4. The summed E-state index contributed by atoms with van der Waals surface area (Å²) in [4.78, 5) is 14.3. The predicted octanol–water partition coefficient (Wildman–Crippen LogP) is 0.0346. The van der Waals surface area contributed by atoms with Gasteiger partial charge >= 0.3 is 5.97 Å². The van der Waals surface area contributed by atoms with Crippen LogP contribution in [-0.4, -0.2) is 41.7 Å². The van der Waals surface area contributed by atoms with Gasteiger partial charge in [-0.1, -0.05) is 0 Å². The third-order valence-electron chi connectivity index (χ3n) is 2.86. The van der Waals surface area contributed by atoms with Crippen LogP contribution in [-0.2, 0) is 10.0 Å². The van der Waals surface area contributed by atoms with Gasteiger partial charge in [0.2, 0.25) is 0 Å². The molecule has 0 amide bonds. The molecule has 0 unspecified atom stereocenters. The molecular formula is C9H12N2O5S2. The Labute approximate surface area is 108 Å². The van der Waals surface area contributed by atoms with Gasteiger partial charge in [0.25, 0.3) is 10.0 Å². The lowest BCUT2D eigenvalue weighted by molar-refractivity contribution is -0.0270. The Morgan fingerprint density at radius 2 is 2.22 bits per heavy atom. The van der Waals surface area contributed by atoms with E-state index in [2.05, 4.69) is 9.71 Å². The number of aliphatic hydroxyl groups is 1. The van der Waals surface area contributed by atoms with E-state index in [1.807, 2.05) is 0 Å². The first kappa shape index (κ1) is 13.4. The summed E-state index contributed by atoms with van der Waals surface area (Å²) in [5.41, 5.74) is -0.329. The molecule has 1 saturated carbocycles. The summed E-state index contributed by atoms with van der Waals surface area (Å²) >= 11 is 0.737. The van der Waals surface area contributed by atoms with E-state index in [0.717, 1.165) is 23.3 Å². The zero-order valence-electron chi connectivity index (χ0n) is 9.29. The van der Waals surface area contributed by atoms with Gasteiger partial charge in [-0.3, -0.25) is 0 Å². The number of nitrogens with one attached hydrogen (secondary N) is 1. The van der Waals surface area contributed by atoms with Gasteiger partial charge in [0, 0.05) is 6.54 Å². The minimum atomic E-state index is -3.94. The largest absolute Gasteiger partial charge is 0.476 e. The molecule has 2 rings (SSSR count). The van der Waals surface area contributed by atoms with Crippen LogP contribution in [0.3, 0.4) is 0 Å². The van der Waals surface area contributed by atoms with E-state index in [1.165, 1.54) is 0 Å². The third-order valence-corrected chi connectivity index (χ3v) is 5.63. The Morgan fingerprint density at radius 1 is 1.56 bits per heavy atom. The van der Waals surface area contributed by atoms with Gasteiger partial charge in [0.1, 0.15) is 0 Å². The number of thiazole rings is 1. The lowest BCUT2D eigenvalue weighted by atomic mass is 9.81. The topological polar surface area (TPSA) is 117 Å². The number of sulfonamides is 1. The molecule has 1 heterocycles. The Kier molecular flexibility index (Phi) is 3.41. The normalized spacial score (nSPS) is 18.3. The Bertz CT molecular complexity index is 561. The van der Waals surface area contributed by atoms with Gasteiger partial charge in [0.15, 0.2) is 9.90 Å². The summed E-state index contributed by atoms with van der Waals surface area (Å²) in [7, 11) is -3.94. The van der Waals surface area contributed by atoms with Crippen molar-refractivity contribution in [1.82, 2.24) is 9.71 Å². The molecule has 0 aromatic carbocycles. The van der Waals surface area contributed by atoms with Crippen LogP contribution >= 0.6 is 11.3 Å². The van der Waals surface area contributed by atoms with Crippen molar-refractivity contribution >= 4 is 27.3 Å². The second-order valence-corrected chi connectivity index (χ2v) is 7.01. The average molecular weight is 292 g/mol. The first-order valence-electron chi connectivity index (χ1n) is 5.23.